The fourth-order valence-corrected chi connectivity index (χ4v) is 3.97. The average Bonchev–Trinajstić information content (AvgIpc) is 3.58. The van der Waals surface area contributed by atoms with Gasteiger partial charge in [0.25, 0.3) is 0 Å². The van der Waals surface area contributed by atoms with Gasteiger partial charge in [0.15, 0.2) is 0 Å². The maximum Gasteiger partial charge on any atom is 0.113 e. The molecule has 2 fully saturated rings. The number of rotatable bonds is 5. The number of nitrogens with zero attached hydrogens (tertiary/aromatic N) is 1. The van der Waals surface area contributed by atoms with E-state index < -0.39 is 37.1 Å². The second-order valence-corrected chi connectivity index (χ2v) is 7.97. The van der Waals surface area contributed by atoms with Gasteiger partial charge in [0.1, 0.15) is 30.5 Å². The Kier molecular flexibility index (Phi) is 5.68. The summed E-state index contributed by atoms with van der Waals surface area (Å²) < 4.78 is 5.65. The SMILES string of the molecule is N#Cc1ccc([C@@H]2O[C@@H](CO)[C@H](O)[C@@H](O)[C@@H]2O)cc1Cc1ccc(C2CC2)cc1. The van der Waals surface area contributed by atoms with Crippen molar-refractivity contribution in [2.75, 3.05) is 6.61 Å². The molecule has 0 spiro atoms. The summed E-state index contributed by atoms with van der Waals surface area (Å²) in [5.74, 6) is 0.688. The molecule has 1 aliphatic heterocycles. The highest BCUT2D eigenvalue weighted by Gasteiger charge is 2.44. The number of hydrogen-bond donors (Lipinski definition) is 4. The van der Waals surface area contributed by atoms with Crippen LogP contribution >= 0.6 is 0 Å². The van der Waals surface area contributed by atoms with Crippen molar-refractivity contribution in [3.63, 3.8) is 0 Å². The zero-order valence-corrected chi connectivity index (χ0v) is 16.0. The minimum Gasteiger partial charge on any atom is -0.394 e. The molecule has 1 heterocycles. The fraction of sp³-hybridized carbons (Fsp3) is 0.435. The highest BCUT2D eigenvalue weighted by molar-refractivity contribution is 5.44. The van der Waals surface area contributed by atoms with Crippen molar-refractivity contribution in [3.05, 3.63) is 70.3 Å². The smallest absolute Gasteiger partial charge is 0.113 e. The van der Waals surface area contributed by atoms with Gasteiger partial charge in [0.05, 0.1) is 18.2 Å². The van der Waals surface area contributed by atoms with Crippen LogP contribution in [-0.4, -0.2) is 51.4 Å². The van der Waals surface area contributed by atoms with Crippen LogP contribution in [0.3, 0.4) is 0 Å². The molecule has 0 radical (unpaired) electrons. The van der Waals surface area contributed by atoms with E-state index in [-0.39, 0.29) is 0 Å². The standard InChI is InChI=1S/C23H25NO5/c24-11-17-8-7-16(23-22(28)21(27)20(26)19(12-25)29-23)10-18(17)9-13-1-3-14(4-2-13)15-5-6-15/h1-4,7-8,10,15,19-23,25-28H,5-6,9,12H2/t19-,20-,21+,22-,23-/m0/s1. The monoisotopic (exact) mass is 395 g/mol. The molecule has 2 aliphatic rings. The molecule has 4 rings (SSSR count). The summed E-state index contributed by atoms with van der Waals surface area (Å²) >= 11 is 0. The number of ether oxygens (including phenoxy) is 1. The number of benzene rings is 2. The lowest BCUT2D eigenvalue weighted by molar-refractivity contribution is -0.231. The van der Waals surface area contributed by atoms with E-state index in [0.717, 1.165) is 11.1 Å². The van der Waals surface area contributed by atoms with Crippen molar-refractivity contribution in [1.29, 1.82) is 5.26 Å². The summed E-state index contributed by atoms with van der Waals surface area (Å²) in [7, 11) is 0. The Morgan fingerprint density at radius 1 is 0.931 bits per heavy atom. The highest BCUT2D eigenvalue weighted by Crippen LogP contribution is 2.40. The zero-order chi connectivity index (χ0) is 20.5. The molecule has 1 saturated carbocycles. The molecule has 0 unspecified atom stereocenters. The predicted molar refractivity (Wildman–Crippen MR) is 105 cm³/mol. The molecule has 29 heavy (non-hydrogen) atoms. The maximum atomic E-state index is 10.4. The Balaban J connectivity index is 1.60. The summed E-state index contributed by atoms with van der Waals surface area (Å²) in [6.07, 6.45) is -2.99. The van der Waals surface area contributed by atoms with Gasteiger partial charge in [-0.3, -0.25) is 0 Å². The van der Waals surface area contributed by atoms with Gasteiger partial charge in [-0.05, 0) is 53.5 Å². The summed E-state index contributed by atoms with van der Waals surface area (Å²) in [6.45, 7) is -0.474. The molecule has 0 bridgehead atoms. The average molecular weight is 395 g/mol. The third-order valence-corrected chi connectivity index (χ3v) is 5.89. The first kappa shape index (κ1) is 20.0. The number of aliphatic hydroxyl groups is 4. The molecule has 0 aromatic heterocycles. The number of aliphatic hydroxyl groups excluding tert-OH is 4. The van der Waals surface area contributed by atoms with Crippen LogP contribution in [-0.2, 0) is 11.2 Å². The predicted octanol–water partition coefficient (Wildman–Crippen LogP) is 1.54. The first-order chi connectivity index (χ1) is 14.0. The van der Waals surface area contributed by atoms with E-state index in [4.69, 9.17) is 4.74 Å². The van der Waals surface area contributed by atoms with Gasteiger partial charge >= 0.3 is 0 Å². The molecule has 4 N–H and O–H groups in total. The Labute approximate surface area is 169 Å². The highest BCUT2D eigenvalue weighted by atomic mass is 16.5. The Morgan fingerprint density at radius 2 is 1.62 bits per heavy atom. The number of hydrogen-bond acceptors (Lipinski definition) is 6. The van der Waals surface area contributed by atoms with Crippen molar-refractivity contribution in [2.45, 2.75) is 55.7 Å². The Morgan fingerprint density at radius 3 is 2.24 bits per heavy atom. The van der Waals surface area contributed by atoms with Gasteiger partial charge in [-0.25, -0.2) is 0 Å². The molecule has 152 valence electrons. The molecule has 2 aromatic rings. The number of nitriles is 1. The van der Waals surface area contributed by atoms with Crippen LogP contribution in [0, 0.1) is 11.3 Å². The largest absolute Gasteiger partial charge is 0.394 e. The lowest BCUT2D eigenvalue weighted by Crippen LogP contribution is -2.55. The molecule has 6 nitrogen and oxygen atoms in total. The second kappa shape index (κ2) is 8.23. The Bertz CT molecular complexity index is 900. The first-order valence-corrected chi connectivity index (χ1v) is 9.94. The van der Waals surface area contributed by atoms with Gasteiger partial charge in [-0.1, -0.05) is 36.4 Å². The third-order valence-electron chi connectivity index (χ3n) is 5.89. The van der Waals surface area contributed by atoms with Crippen LogP contribution < -0.4 is 0 Å². The van der Waals surface area contributed by atoms with Crippen LogP contribution in [0.25, 0.3) is 0 Å². The Hall–Kier alpha value is -2.27. The molecular weight excluding hydrogens is 370 g/mol. The summed E-state index contributed by atoms with van der Waals surface area (Å²) in [4.78, 5) is 0. The van der Waals surface area contributed by atoms with Gasteiger partial charge in [-0.15, -0.1) is 0 Å². The van der Waals surface area contributed by atoms with Gasteiger partial charge in [0, 0.05) is 0 Å². The molecule has 5 atom stereocenters. The van der Waals surface area contributed by atoms with Gasteiger partial charge in [-0.2, -0.15) is 5.26 Å². The second-order valence-electron chi connectivity index (χ2n) is 7.97. The van der Waals surface area contributed by atoms with E-state index in [0.29, 0.717) is 23.5 Å². The van der Waals surface area contributed by atoms with Crippen LogP contribution in [0.15, 0.2) is 42.5 Å². The topological polar surface area (TPSA) is 114 Å². The van der Waals surface area contributed by atoms with Crippen molar-refractivity contribution in [2.24, 2.45) is 0 Å². The maximum absolute atomic E-state index is 10.4. The molecule has 2 aromatic carbocycles. The first-order valence-electron chi connectivity index (χ1n) is 9.94. The van der Waals surface area contributed by atoms with E-state index in [1.165, 1.54) is 18.4 Å². The van der Waals surface area contributed by atoms with Crippen LogP contribution in [0.1, 0.15) is 52.7 Å². The summed E-state index contributed by atoms with van der Waals surface area (Å²) in [6, 6.07) is 15.8. The van der Waals surface area contributed by atoms with Crippen LogP contribution in [0.2, 0.25) is 0 Å². The summed E-state index contributed by atoms with van der Waals surface area (Å²) in [5, 5.41) is 49.3. The van der Waals surface area contributed by atoms with Crippen molar-refractivity contribution >= 4 is 0 Å². The minimum atomic E-state index is -1.43. The molecular formula is C23H25NO5. The molecule has 6 heteroatoms. The van der Waals surface area contributed by atoms with E-state index in [9.17, 15) is 25.7 Å². The molecule has 1 saturated heterocycles. The van der Waals surface area contributed by atoms with E-state index >= 15 is 0 Å². The van der Waals surface area contributed by atoms with Crippen molar-refractivity contribution in [3.8, 4) is 6.07 Å². The van der Waals surface area contributed by atoms with Gasteiger partial charge < -0.3 is 25.2 Å². The minimum absolute atomic E-state index is 0.474. The zero-order valence-electron chi connectivity index (χ0n) is 16.0. The normalized spacial score (nSPS) is 29.4. The van der Waals surface area contributed by atoms with Gasteiger partial charge in [0.2, 0.25) is 0 Å². The lowest BCUT2D eigenvalue weighted by atomic mass is 9.89. The van der Waals surface area contributed by atoms with Crippen LogP contribution in [0.4, 0.5) is 0 Å². The van der Waals surface area contributed by atoms with E-state index in [1.54, 1.807) is 18.2 Å². The lowest BCUT2D eigenvalue weighted by Gasteiger charge is -2.40. The van der Waals surface area contributed by atoms with E-state index in [2.05, 4.69) is 30.3 Å². The quantitative estimate of drug-likeness (QED) is 0.611. The molecule has 1 aliphatic carbocycles. The van der Waals surface area contributed by atoms with E-state index in [1.807, 2.05) is 0 Å². The molecule has 0 amide bonds. The fourth-order valence-electron chi connectivity index (χ4n) is 3.97. The van der Waals surface area contributed by atoms with Crippen molar-refractivity contribution < 1.29 is 25.2 Å². The van der Waals surface area contributed by atoms with Crippen molar-refractivity contribution in [1.82, 2.24) is 0 Å². The summed E-state index contributed by atoms with van der Waals surface area (Å²) in [5.41, 5.74) is 4.34. The third kappa shape index (κ3) is 4.06. The van der Waals surface area contributed by atoms with Crippen LogP contribution in [0.5, 0.6) is 0 Å².